The lowest BCUT2D eigenvalue weighted by Gasteiger charge is -2.39. The van der Waals surface area contributed by atoms with E-state index in [1.54, 1.807) is 0 Å². The van der Waals surface area contributed by atoms with E-state index in [1.165, 1.54) is 38.5 Å². The second kappa shape index (κ2) is 17.9. The van der Waals surface area contributed by atoms with Crippen molar-refractivity contribution in [1.29, 1.82) is 0 Å². The average molecular weight is 569 g/mol. The molecule has 0 saturated carbocycles. The molecule has 38 heavy (non-hydrogen) atoms. The molecule has 0 fully saturated rings. The second-order valence-electron chi connectivity index (χ2n) is 14.1. The molecule has 4 nitrogen and oxygen atoms in total. The van der Waals surface area contributed by atoms with E-state index in [4.69, 9.17) is 14.0 Å². The molecule has 6 heteroatoms. The lowest BCUT2D eigenvalue weighted by Crippen LogP contribution is -2.43. The van der Waals surface area contributed by atoms with Crippen LogP contribution in [0.2, 0.25) is 36.3 Å². The summed E-state index contributed by atoms with van der Waals surface area (Å²) in [6.45, 7) is 25.2. The summed E-state index contributed by atoms with van der Waals surface area (Å²) >= 11 is 0. The van der Waals surface area contributed by atoms with Gasteiger partial charge in [-0.05, 0) is 68.4 Å². The molecular formula is C32H64O4Si2. The van der Waals surface area contributed by atoms with E-state index < -0.39 is 22.6 Å². The van der Waals surface area contributed by atoms with Gasteiger partial charge in [0.2, 0.25) is 0 Å². The number of carboxylic acids is 1. The zero-order valence-electron chi connectivity index (χ0n) is 27.1. The van der Waals surface area contributed by atoms with Crippen molar-refractivity contribution < 1.29 is 18.8 Å². The normalized spacial score (nSPS) is 15.4. The van der Waals surface area contributed by atoms with E-state index in [9.17, 15) is 4.79 Å². The molecule has 0 radical (unpaired) electrons. The molecule has 0 aliphatic heterocycles. The maximum Gasteiger partial charge on any atom is 0.303 e. The summed E-state index contributed by atoms with van der Waals surface area (Å²) in [6.07, 6.45) is 21.6. The number of hydrogen-bond acceptors (Lipinski definition) is 3. The maximum atomic E-state index is 11.0. The molecule has 0 spiro atoms. The number of carboxylic acid groups (broad SMARTS) is 1. The van der Waals surface area contributed by atoms with Crippen LogP contribution >= 0.6 is 0 Å². The van der Waals surface area contributed by atoms with Crippen molar-refractivity contribution in [2.24, 2.45) is 0 Å². The van der Waals surface area contributed by atoms with Crippen LogP contribution in [-0.4, -0.2) is 39.9 Å². The number of hydrogen-bond donors (Lipinski definition) is 1. The third-order valence-electron chi connectivity index (χ3n) is 8.51. The summed E-state index contributed by atoms with van der Waals surface area (Å²) < 4.78 is 13.5. The Morgan fingerprint density at radius 1 is 0.763 bits per heavy atom. The zero-order valence-corrected chi connectivity index (χ0v) is 29.1. The van der Waals surface area contributed by atoms with Crippen molar-refractivity contribution in [2.75, 3.05) is 0 Å². The Bertz CT molecular complexity index is 699. The Balaban J connectivity index is 5.08. The van der Waals surface area contributed by atoms with Crippen LogP contribution < -0.4 is 0 Å². The fourth-order valence-corrected chi connectivity index (χ4v) is 6.59. The molecule has 0 saturated heterocycles. The van der Waals surface area contributed by atoms with E-state index in [0.717, 1.165) is 25.7 Å². The molecule has 0 heterocycles. The van der Waals surface area contributed by atoms with Crippen LogP contribution in [0.4, 0.5) is 0 Å². The number of unbranched alkanes of at least 4 members (excludes halogenated alkanes) is 5. The molecule has 0 unspecified atom stereocenters. The van der Waals surface area contributed by atoms with E-state index in [-0.39, 0.29) is 22.6 Å². The van der Waals surface area contributed by atoms with Crippen LogP contribution in [-0.2, 0) is 13.6 Å². The summed E-state index contributed by atoms with van der Waals surface area (Å²) in [5, 5.41) is 9.40. The minimum atomic E-state index is -1.93. The van der Waals surface area contributed by atoms with Crippen molar-refractivity contribution in [2.45, 2.75) is 174 Å². The van der Waals surface area contributed by atoms with Crippen molar-refractivity contribution in [1.82, 2.24) is 0 Å². The van der Waals surface area contributed by atoms with Crippen LogP contribution in [0.1, 0.15) is 126 Å². The van der Waals surface area contributed by atoms with E-state index in [1.807, 2.05) is 0 Å². The minimum Gasteiger partial charge on any atom is -0.481 e. The summed E-state index contributed by atoms with van der Waals surface area (Å²) in [4.78, 5) is 11.0. The predicted molar refractivity (Wildman–Crippen MR) is 171 cm³/mol. The molecule has 224 valence electrons. The Morgan fingerprint density at radius 2 is 1.32 bits per heavy atom. The van der Waals surface area contributed by atoms with E-state index in [0.29, 0.717) is 12.5 Å². The lowest BCUT2D eigenvalue weighted by molar-refractivity contribution is -0.137. The predicted octanol–water partition coefficient (Wildman–Crippen LogP) is 10.7. The Labute approximate surface area is 239 Å². The Morgan fingerprint density at radius 3 is 1.87 bits per heavy atom. The average Bonchev–Trinajstić information content (AvgIpc) is 2.75. The van der Waals surface area contributed by atoms with Crippen LogP contribution in [0, 0.1) is 0 Å². The maximum absolute atomic E-state index is 11.0. The van der Waals surface area contributed by atoms with Gasteiger partial charge in [0.15, 0.2) is 16.6 Å². The fraction of sp³-hybridized carbons (Fsp3) is 0.844. The number of allylic oxidation sites excluding steroid dienone is 3. The summed E-state index contributed by atoms with van der Waals surface area (Å²) in [7, 11) is -3.72. The molecule has 1 N–H and O–H groups in total. The first-order chi connectivity index (χ1) is 17.4. The Hall–Kier alpha value is -0.696. The van der Waals surface area contributed by atoms with Crippen LogP contribution in [0.5, 0.6) is 0 Å². The first kappa shape index (κ1) is 37.3. The van der Waals surface area contributed by atoms with Crippen molar-refractivity contribution in [3.63, 3.8) is 0 Å². The van der Waals surface area contributed by atoms with Crippen LogP contribution in [0.15, 0.2) is 24.3 Å². The van der Waals surface area contributed by atoms with E-state index in [2.05, 4.69) is 99.0 Å². The standard InChI is InChI=1S/C32H64O4Si2/c1-12-13-14-15-16-19-23-28(35-37(8,9)31(2,3)4)24-20-17-18-21-25-29(26-22-27-30(33)34)36-38(10,11)32(5,6)7/h17-18,21,25,28-29H,12-16,19-20,22-24,26-27H2,1-11H3,(H,33,34)/b18-17+,25-21-/t28-,29-/m1/s1. The third kappa shape index (κ3) is 16.4. The molecule has 0 bridgehead atoms. The molecule has 0 aliphatic rings. The topological polar surface area (TPSA) is 55.8 Å². The lowest BCUT2D eigenvalue weighted by atomic mass is 10.0. The molecule has 0 aliphatic carbocycles. The van der Waals surface area contributed by atoms with Gasteiger partial charge in [-0.3, -0.25) is 4.79 Å². The number of carbonyl (C=O) groups is 1. The SMILES string of the molecule is CCCCCCCC[C@H](CC/C=C/C=C\[C@H](CCCC(=O)O)O[Si](C)(C)C(C)(C)C)O[Si](C)(C)C(C)(C)C. The monoisotopic (exact) mass is 568 g/mol. The van der Waals surface area contributed by atoms with Gasteiger partial charge in [0.25, 0.3) is 0 Å². The molecule has 0 amide bonds. The molecule has 0 aromatic heterocycles. The summed E-state index contributed by atoms with van der Waals surface area (Å²) in [6, 6.07) is 0. The molecule has 0 rings (SSSR count). The van der Waals surface area contributed by atoms with Gasteiger partial charge in [0, 0.05) is 12.5 Å². The van der Waals surface area contributed by atoms with Crippen LogP contribution in [0.3, 0.4) is 0 Å². The van der Waals surface area contributed by atoms with Gasteiger partial charge in [-0.2, -0.15) is 0 Å². The van der Waals surface area contributed by atoms with Crippen molar-refractivity contribution in [3.8, 4) is 0 Å². The highest BCUT2D eigenvalue weighted by Crippen LogP contribution is 2.39. The van der Waals surface area contributed by atoms with Crippen molar-refractivity contribution >= 4 is 22.6 Å². The first-order valence-electron chi connectivity index (χ1n) is 15.3. The number of aliphatic carboxylic acids is 1. The highest BCUT2D eigenvalue weighted by molar-refractivity contribution is 6.74. The van der Waals surface area contributed by atoms with Crippen molar-refractivity contribution in [3.05, 3.63) is 24.3 Å². The van der Waals surface area contributed by atoms with Gasteiger partial charge in [-0.15, -0.1) is 0 Å². The largest absolute Gasteiger partial charge is 0.481 e. The van der Waals surface area contributed by atoms with Gasteiger partial charge in [-0.1, -0.05) is 111 Å². The fourth-order valence-electron chi connectivity index (χ4n) is 3.86. The van der Waals surface area contributed by atoms with Gasteiger partial charge >= 0.3 is 5.97 Å². The van der Waals surface area contributed by atoms with Gasteiger partial charge in [0.1, 0.15) is 0 Å². The highest BCUT2D eigenvalue weighted by Gasteiger charge is 2.39. The quantitative estimate of drug-likeness (QED) is 0.0901. The Kier molecular flexibility index (Phi) is 17.6. The van der Waals surface area contributed by atoms with Gasteiger partial charge in [-0.25, -0.2) is 0 Å². The molecule has 0 aromatic carbocycles. The summed E-state index contributed by atoms with van der Waals surface area (Å²) in [5.74, 6) is -0.740. The highest BCUT2D eigenvalue weighted by atomic mass is 28.4. The minimum absolute atomic E-state index is 0.0396. The number of rotatable bonds is 20. The third-order valence-corrected chi connectivity index (χ3v) is 17.5. The molecular weight excluding hydrogens is 505 g/mol. The molecule has 0 aromatic rings. The van der Waals surface area contributed by atoms with Gasteiger partial charge < -0.3 is 14.0 Å². The van der Waals surface area contributed by atoms with E-state index >= 15 is 0 Å². The molecule has 2 atom stereocenters. The van der Waals surface area contributed by atoms with Crippen LogP contribution in [0.25, 0.3) is 0 Å². The zero-order chi connectivity index (χ0) is 29.5. The van der Waals surface area contributed by atoms with Gasteiger partial charge in [0.05, 0.1) is 6.10 Å². The second-order valence-corrected chi connectivity index (χ2v) is 23.7. The first-order valence-corrected chi connectivity index (χ1v) is 21.2. The smallest absolute Gasteiger partial charge is 0.303 e. The summed E-state index contributed by atoms with van der Waals surface area (Å²) in [5.41, 5.74) is 0.